The molecule has 2 unspecified atom stereocenters. The van der Waals surface area contributed by atoms with E-state index in [2.05, 4.69) is 20.9 Å². The van der Waals surface area contributed by atoms with Crippen molar-refractivity contribution in [1.29, 1.82) is 0 Å². The van der Waals surface area contributed by atoms with Gasteiger partial charge in [0.05, 0.1) is 30.1 Å². The fraction of sp³-hybridized carbons (Fsp3) is 0.500. The molecule has 3 N–H and O–H groups in total. The number of nitrogens with one attached hydrogen (secondary N) is 3. The van der Waals surface area contributed by atoms with Crippen LogP contribution in [0, 0.1) is 5.92 Å². The molecule has 2 aromatic rings. The Balaban J connectivity index is 1.76. The summed E-state index contributed by atoms with van der Waals surface area (Å²) in [5.41, 5.74) is -0.0122. The second-order valence-electron chi connectivity index (χ2n) is 9.10. The highest BCUT2D eigenvalue weighted by Gasteiger charge is 2.38. The van der Waals surface area contributed by atoms with Crippen LogP contribution in [-0.4, -0.2) is 36.6 Å². The van der Waals surface area contributed by atoms with E-state index in [0.717, 1.165) is 12.5 Å². The lowest BCUT2D eigenvalue weighted by Gasteiger charge is -2.33. The van der Waals surface area contributed by atoms with Crippen LogP contribution in [0.4, 0.5) is 13.2 Å². The number of carbonyl (C=O) groups excluding carboxylic acids is 2. The highest BCUT2D eigenvalue weighted by Crippen LogP contribution is 2.36. The minimum absolute atomic E-state index is 0.0139. The molecule has 1 aromatic carbocycles. The van der Waals surface area contributed by atoms with Gasteiger partial charge < -0.3 is 20.1 Å². The largest absolute Gasteiger partial charge is 0.490 e. The maximum Gasteiger partial charge on any atom is 0.416 e. The monoisotopic (exact) mass is 522 g/mol. The van der Waals surface area contributed by atoms with Gasteiger partial charge >= 0.3 is 6.18 Å². The molecule has 8 nitrogen and oxygen atoms in total. The quantitative estimate of drug-likeness (QED) is 0.386. The van der Waals surface area contributed by atoms with E-state index in [1.54, 1.807) is 26.0 Å². The van der Waals surface area contributed by atoms with Crippen LogP contribution in [0.15, 0.2) is 36.5 Å². The molecule has 1 aliphatic rings. The van der Waals surface area contributed by atoms with Crippen molar-refractivity contribution in [2.75, 3.05) is 19.8 Å². The van der Waals surface area contributed by atoms with E-state index in [9.17, 15) is 22.8 Å². The number of aromatic nitrogens is 1. The zero-order valence-electron chi connectivity index (χ0n) is 21.2. The SMILES string of the molecule is CCCOCCOc1ccc(C2CC(=O)NC(c3cc(CNC(=O)C(C)C)ccc3C(F)(F)F)N2)nc1. The van der Waals surface area contributed by atoms with Crippen molar-refractivity contribution in [3.8, 4) is 5.75 Å². The smallest absolute Gasteiger partial charge is 0.416 e. The maximum absolute atomic E-state index is 13.8. The van der Waals surface area contributed by atoms with Crippen molar-refractivity contribution < 1.29 is 32.2 Å². The van der Waals surface area contributed by atoms with Gasteiger partial charge in [0.2, 0.25) is 11.8 Å². The summed E-state index contributed by atoms with van der Waals surface area (Å²) < 4.78 is 52.5. The third-order valence-electron chi connectivity index (χ3n) is 5.75. The molecule has 1 aromatic heterocycles. The van der Waals surface area contributed by atoms with Crippen LogP contribution in [0.3, 0.4) is 0 Å². The number of halogens is 3. The molecule has 0 bridgehead atoms. The van der Waals surface area contributed by atoms with Gasteiger partial charge in [-0.25, -0.2) is 0 Å². The summed E-state index contributed by atoms with van der Waals surface area (Å²) in [6, 6.07) is 6.42. The average Bonchev–Trinajstić information content (AvgIpc) is 2.86. The molecule has 37 heavy (non-hydrogen) atoms. The number of alkyl halides is 3. The first-order valence-corrected chi connectivity index (χ1v) is 12.3. The third-order valence-corrected chi connectivity index (χ3v) is 5.75. The molecule has 11 heteroatoms. The Morgan fingerprint density at radius 2 is 1.97 bits per heavy atom. The Labute approximate surface area is 214 Å². The van der Waals surface area contributed by atoms with Crippen molar-refractivity contribution in [2.45, 2.75) is 58.5 Å². The molecule has 2 atom stereocenters. The molecule has 1 aliphatic heterocycles. The second kappa shape index (κ2) is 12.9. The summed E-state index contributed by atoms with van der Waals surface area (Å²) in [4.78, 5) is 28.8. The van der Waals surface area contributed by atoms with E-state index < -0.39 is 29.9 Å². The van der Waals surface area contributed by atoms with Gasteiger partial charge in [0.15, 0.2) is 0 Å². The predicted octanol–water partition coefficient (Wildman–Crippen LogP) is 4.03. The molecule has 1 fully saturated rings. The Kier molecular flexibility index (Phi) is 9.87. The molecule has 1 saturated heterocycles. The normalized spacial score (nSPS) is 18.0. The minimum Gasteiger partial charge on any atom is -0.490 e. The Hall–Kier alpha value is -3.18. The van der Waals surface area contributed by atoms with Crippen molar-refractivity contribution in [2.24, 2.45) is 5.92 Å². The lowest BCUT2D eigenvalue weighted by molar-refractivity contribution is -0.139. The number of rotatable bonds is 11. The van der Waals surface area contributed by atoms with E-state index in [1.165, 1.54) is 18.3 Å². The summed E-state index contributed by atoms with van der Waals surface area (Å²) in [5.74, 6) is -0.350. The Morgan fingerprint density at radius 1 is 1.19 bits per heavy atom. The van der Waals surface area contributed by atoms with E-state index in [1.807, 2.05) is 6.92 Å². The van der Waals surface area contributed by atoms with Crippen LogP contribution in [0.1, 0.15) is 68.2 Å². The van der Waals surface area contributed by atoms with Gasteiger partial charge in [0, 0.05) is 31.1 Å². The number of carbonyl (C=O) groups is 2. The summed E-state index contributed by atoms with van der Waals surface area (Å²) in [6.45, 7) is 7.00. The number of ether oxygens (including phenoxy) is 2. The Bertz CT molecular complexity index is 1060. The molecule has 0 saturated carbocycles. The Morgan fingerprint density at radius 3 is 2.62 bits per heavy atom. The van der Waals surface area contributed by atoms with E-state index in [0.29, 0.717) is 36.8 Å². The molecule has 0 spiro atoms. The lowest BCUT2D eigenvalue weighted by atomic mass is 9.97. The number of hydrogen-bond acceptors (Lipinski definition) is 6. The minimum atomic E-state index is -4.63. The molecule has 0 radical (unpaired) electrons. The van der Waals surface area contributed by atoms with Gasteiger partial charge in [-0.3, -0.25) is 19.9 Å². The molecule has 202 valence electrons. The number of hydrogen-bond donors (Lipinski definition) is 3. The standard InChI is InChI=1S/C26H33F3N4O4/c1-4-9-36-10-11-37-18-6-8-21(30-15-18)22-13-23(34)33-24(32-22)19-12-17(14-31-25(35)16(2)3)5-7-20(19)26(27,28)29/h5-8,12,15-16,22,24,32H,4,9-11,13-14H2,1-3H3,(H,31,35)(H,33,34). The highest BCUT2D eigenvalue weighted by molar-refractivity contribution is 5.78. The van der Waals surface area contributed by atoms with Gasteiger partial charge in [0.25, 0.3) is 0 Å². The van der Waals surface area contributed by atoms with Gasteiger partial charge in [-0.2, -0.15) is 13.2 Å². The topological polar surface area (TPSA) is 102 Å². The molecular formula is C26H33F3N4O4. The maximum atomic E-state index is 13.8. The first-order valence-electron chi connectivity index (χ1n) is 12.3. The van der Waals surface area contributed by atoms with Crippen LogP contribution < -0.4 is 20.7 Å². The fourth-order valence-electron chi connectivity index (χ4n) is 3.83. The van der Waals surface area contributed by atoms with Crippen molar-refractivity contribution in [3.05, 3.63) is 58.9 Å². The van der Waals surface area contributed by atoms with Crippen LogP contribution >= 0.6 is 0 Å². The first-order chi connectivity index (χ1) is 17.6. The van der Waals surface area contributed by atoms with Crippen molar-refractivity contribution >= 4 is 11.8 Å². The van der Waals surface area contributed by atoms with Crippen LogP contribution in [0.25, 0.3) is 0 Å². The molecule has 0 aliphatic carbocycles. The average molecular weight is 523 g/mol. The van der Waals surface area contributed by atoms with Gasteiger partial charge in [-0.15, -0.1) is 0 Å². The fourth-order valence-corrected chi connectivity index (χ4v) is 3.83. The zero-order chi connectivity index (χ0) is 27.0. The molecule has 2 heterocycles. The summed E-state index contributed by atoms with van der Waals surface area (Å²) in [7, 11) is 0. The molecule has 2 amide bonds. The zero-order valence-corrected chi connectivity index (χ0v) is 21.2. The van der Waals surface area contributed by atoms with E-state index in [-0.39, 0.29) is 30.4 Å². The number of amides is 2. The molecule has 3 rings (SSSR count). The summed E-state index contributed by atoms with van der Waals surface area (Å²) in [6.07, 6.45) is -3.29. The molecular weight excluding hydrogens is 489 g/mol. The van der Waals surface area contributed by atoms with Gasteiger partial charge in [-0.1, -0.05) is 26.8 Å². The number of pyridine rings is 1. The summed E-state index contributed by atoms with van der Waals surface area (Å²) >= 11 is 0. The number of nitrogens with zero attached hydrogens (tertiary/aromatic N) is 1. The lowest BCUT2D eigenvalue weighted by Crippen LogP contribution is -2.47. The van der Waals surface area contributed by atoms with E-state index >= 15 is 0 Å². The van der Waals surface area contributed by atoms with Gasteiger partial charge in [0.1, 0.15) is 18.5 Å². The first kappa shape index (κ1) is 28.4. The highest BCUT2D eigenvalue weighted by atomic mass is 19.4. The second-order valence-corrected chi connectivity index (χ2v) is 9.10. The van der Waals surface area contributed by atoms with Gasteiger partial charge in [-0.05, 0) is 36.2 Å². The van der Waals surface area contributed by atoms with Crippen LogP contribution in [0.5, 0.6) is 5.75 Å². The third kappa shape index (κ3) is 8.16. The van der Waals surface area contributed by atoms with Crippen molar-refractivity contribution in [3.63, 3.8) is 0 Å². The summed E-state index contributed by atoms with van der Waals surface area (Å²) in [5, 5.41) is 8.39. The number of benzene rings is 1. The predicted molar refractivity (Wildman–Crippen MR) is 130 cm³/mol. The van der Waals surface area contributed by atoms with Crippen LogP contribution in [-0.2, 0) is 27.0 Å². The van der Waals surface area contributed by atoms with E-state index in [4.69, 9.17) is 9.47 Å². The van der Waals surface area contributed by atoms with Crippen LogP contribution in [0.2, 0.25) is 0 Å². The van der Waals surface area contributed by atoms with Crippen molar-refractivity contribution in [1.82, 2.24) is 20.9 Å².